The first-order valence-corrected chi connectivity index (χ1v) is 8.93. The fraction of sp³-hybridized carbons (Fsp3) is 0.300. The Morgan fingerprint density at radius 2 is 1.82 bits per heavy atom. The molecule has 0 atom stereocenters. The molecule has 2 N–H and O–H groups in total. The number of carbonyl (C=O) groups is 1. The van der Waals surface area contributed by atoms with Crippen LogP contribution in [0.5, 0.6) is 0 Å². The standard InChI is InChI=1S/C20H21FN4O3/c1-13-23-24-19(25(13)11-14-5-7-16(21)8-6-14)4-2-3-17-9-15(20(27)28)10-18(12-26)22-17/h5-10,26H,2-4,11-12H2,1H3,(H,27,28). The van der Waals surface area contributed by atoms with Crippen LogP contribution in [0.25, 0.3) is 0 Å². The summed E-state index contributed by atoms with van der Waals surface area (Å²) in [5.41, 5.74) is 2.02. The molecule has 2 heterocycles. The topological polar surface area (TPSA) is 101 Å². The molecule has 146 valence electrons. The van der Waals surface area contributed by atoms with Crippen LogP contribution in [-0.4, -0.2) is 35.9 Å². The highest BCUT2D eigenvalue weighted by Crippen LogP contribution is 2.13. The Hall–Kier alpha value is -3.13. The van der Waals surface area contributed by atoms with Gasteiger partial charge in [0.25, 0.3) is 0 Å². The molecule has 1 aromatic carbocycles. The second-order valence-electron chi connectivity index (χ2n) is 6.53. The maximum atomic E-state index is 13.1. The van der Waals surface area contributed by atoms with Crippen LogP contribution in [0.2, 0.25) is 0 Å². The molecule has 0 fully saturated rings. The average molecular weight is 384 g/mol. The summed E-state index contributed by atoms with van der Waals surface area (Å²) in [6, 6.07) is 9.21. The highest BCUT2D eigenvalue weighted by Gasteiger charge is 2.11. The van der Waals surface area contributed by atoms with Crippen molar-refractivity contribution in [2.24, 2.45) is 0 Å². The summed E-state index contributed by atoms with van der Waals surface area (Å²) in [6.45, 7) is 2.11. The number of nitrogens with zero attached hydrogens (tertiary/aromatic N) is 4. The molecule has 0 amide bonds. The monoisotopic (exact) mass is 384 g/mol. The van der Waals surface area contributed by atoms with Gasteiger partial charge in [0, 0.05) is 12.1 Å². The zero-order valence-corrected chi connectivity index (χ0v) is 15.5. The van der Waals surface area contributed by atoms with Crippen molar-refractivity contribution in [2.75, 3.05) is 0 Å². The average Bonchev–Trinajstić information content (AvgIpc) is 3.03. The van der Waals surface area contributed by atoms with Gasteiger partial charge in [-0.1, -0.05) is 12.1 Å². The molecule has 0 aliphatic heterocycles. The summed E-state index contributed by atoms with van der Waals surface area (Å²) in [7, 11) is 0. The summed E-state index contributed by atoms with van der Waals surface area (Å²) < 4.78 is 15.1. The van der Waals surface area contributed by atoms with Crippen molar-refractivity contribution in [3.05, 3.63) is 76.4 Å². The van der Waals surface area contributed by atoms with E-state index in [1.165, 1.54) is 24.3 Å². The molecule has 0 saturated heterocycles. The van der Waals surface area contributed by atoms with E-state index < -0.39 is 5.97 Å². The lowest BCUT2D eigenvalue weighted by molar-refractivity contribution is 0.0696. The molecular weight excluding hydrogens is 363 g/mol. The summed E-state index contributed by atoms with van der Waals surface area (Å²) >= 11 is 0. The highest BCUT2D eigenvalue weighted by atomic mass is 19.1. The molecule has 0 spiro atoms. The van der Waals surface area contributed by atoms with Crippen molar-refractivity contribution in [3.8, 4) is 0 Å². The zero-order chi connectivity index (χ0) is 20.1. The van der Waals surface area contributed by atoms with Crippen LogP contribution in [0, 0.1) is 12.7 Å². The van der Waals surface area contributed by atoms with Crippen LogP contribution in [0.4, 0.5) is 4.39 Å². The second kappa shape index (κ2) is 8.71. The van der Waals surface area contributed by atoms with E-state index in [4.69, 9.17) is 0 Å². The quantitative estimate of drug-likeness (QED) is 0.619. The molecule has 0 bridgehead atoms. The molecule has 0 aliphatic carbocycles. The van der Waals surface area contributed by atoms with Gasteiger partial charge in [-0.25, -0.2) is 9.18 Å². The third-order valence-corrected chi connectivity index (χ3v) is 4.44. The number of rotatable bonds is 8. The first-order chi connectivity index (χ1) is 13.5. The van der Waals surface area contributed by atoms with Gasteiger partial charge in [-0.3, -0.25) is 4.98 Å². The van der Waals surface area contributed by atoms with Crippen molar-refractivity contribution in [3.63, 3.8) is 0 Å². The highest BCUT2D eigenvalue weighted by molar-refractivity contribution is 5.87. The molecule has 3 rings (SSSR count). The van der Waals surface area contributed by atoms with Gasteiger partial charge in [0.05, 0.1) is 24.4 Å². The minimum absolute atomic E-state index is 0.115. The third-order valence-electron chi connectivity index (χ3n) is 4.44. The fourth-order valence-corrected chi connectivity index (χ4v) is 3.00. The predicted molar refractivity (Wildman–Crippen MR) is 99.4 cm³/mol. The first-order valence-electron chi connectivity index (χ1n) is 8.93. The van der Waals surface area contributed by atoms with Crippen molar-refractivity contribution >= 4 is 5.97 Å². The number of pyridine rings is 1. The maximum absolute atomic E-state index is 13.1. The molecule has 28 heavy (non-hydrogen) atoms. The van der Waals surface area contributed by atoms with Crippen LogP contribution in [0.1, 0.15) is 45.4 Å². The minimum atomic E-state index is -1.05. The molecule has 0 unspecified atom stereocenters. The minimum Gasteiger partial charge on any atom is -0.478 e. The number of hydrogen-bond acceptors (Lipinski definition) is 5. The lowest BCUT2D eigenvalue weighted by Gasteiger charge is -2.09. The van der Waals surface area contributed by atoms with Crippen LogP contribution in [0.3, 0.4) is 0 Å². The van der Waals surface area contributed by atoms with Gasteiger partial charge in [-0.2, -0.15) is 0 Å². The summed E-state index contributed by atoms with van der Waals surface area (Å²) in [5.74, 6) is 0.252. The SMILES string of the molecule is Cc1nnc(CCCc2cc(C(=O)O)cc(CO)n2)n1Cc1ccc(F)cc1. The number of aromatic nitrogens is 4. The Labute approximate surface area is 161 Å². The summed E-state index contributed by atoms with van der Waals surface area (Å²) in [5, 5.41) is 26.8. The van der Waals surface area contributed by atoms with Crippen molar-refractivity contribution in [1.29, 1.82) is 0 Å². The van der Waals surface area contributed by atoms with Crippen LogP contribution in [0.15, 0.2) is 36.4 Å². The molecule has 0 radical (unpaired) electrons. The van der Waals surface area contributed by atoms with Gasteiger partial charge in [0.15, 0.2) is 0 Å². The lowest BCUT2D eigenvalue weighted by atomic mass is 10.1. The zero-order valence-electron chi connectivity index (χ0n) is 15.5. The van der Waals surface area contributed by atoms with E-state index in [2.05, 4.69) is 15.2 Å². The van der Waals surface area contributed by atoms with Crippen molar-refractivity contribution in [2.45, 2.75) is 39.3 Å². The number of carboxylic acids is 1. The van der Waals surface area contributed by atoms with Gasteiger partial charge in [-0.05, 0) is 49.6 Å². The smallest absolute Gasteiger partial charge is 0.335 e. The number of aromatic carboxylic acids is 1. The molecule has 3 aromatic rings. The van der Waals surface area contributed by atoms with Gasteiger partial charge in [0.2, 0.25) is 0 Å². The summed E-state index contributed by atoms with van der Waals surface area (Å²) in [4.78, 5) is 15.5. The largest absolute Gasteiger partial charge is 0.478 e. The van der Waals surface area contributed by atoms with Gasteiger partial charge < -0.3 is 14.8 Å². The molecular formula is C20H21FN4O3. The van der Waals surface area contributed by atoms with E-state index >= 15 is 0 Å². The Morgan fingerprint density at radius 1 is 1.11 bits per heavy atom. The van der Waals surface area contributed by atoms with E-state index in [1.54, 1.807) is 12.1 Å². The molecule has 0 aliphatic rings. The van der Waals surface area contributed by atoms with E-state index in [-0.39, 0.29) is 18.0 Å². The second-order valence-corrected chi connectivity index (χ2v) is 6.53. The van der Waals surface area contributed by atoms with Crippen LogP contribution in [-0.2, 0) is 26.0 Å². The fourth-order valence-electron chi connectivity index (χ4n) is 3.00. The van der Waals surface area contributed by atoms with Crippen molar-refractivity contribution < 1.29 is 19.4 Å². The van der Waals surface area contributed by atoms with Crippen LogP contribution >= 0.6 is 0 Å². The lowest BCUT2D eigenvalue weighted by Crippen LogP contribution is -2.08. The van der Waals surface area contributed by atoms with E-state index in [9.17, 15) is 19.4 Å². The Balaban J connectivity index is 1.68. The third kappa shape index (κ3) is 4.77. The molecule has 8 heteroatoms. The van der Waals surface area contributed by atoms with Gasteiger partial charge in [0.1, 0.15) is 17.5 Å². The summed E-state index contributed by atoms with van der Waals surface area (Å²) in [6.07, 6.45) is 1.88. The number of aliphatic hydroxyl groups is 1. The van der Waals surface area contributed by atoms with Crippen LogP contribution < -0.4 is 0 Å². The molecule has 7 nitrogen and oxygen atoms in total. The molecule has 0 saturated carbocycles. The van der Waals surface area contributed by atoms with E-state index in [0.29, 0.717) is 37.2 Å². The number of carboxylic acid groups (broad SMARTS) is 1. The van der Waals surface area contributed by atoms with E-state index in [1.807, 2.05) is 11.5 Å². The first kappa shape index (κ1) is 19.6. The number of benzene rings is 1. The maximum Gasteiger partial charge on any atom is 0.335 e. The normalized spacial score (nSPS) is 11.0. The molecule has 2 aromatic heterocycles. The number of hydrogen-bond donors (Lipinski definition) is 2. The number of aryl methyl sites for hydroxylation is 3. The Morgan fingerprint density at radius 3 is 2.50 bits per heavy atom. The Kier molecular flexibility index (Phi) is 6.10. The number of halogens is 1. The van der Waals surface area contributed by atoms with Crippen molar-refractivity contribution in [1.82, 2.24) is 19.7 Å². The van der Waals surface area contributed by atoms with E-state index in [0.717, 1.165) is 17.2 Å². The van der Waals surface area contributed by atoms with Gasteiger partial charge >= 0.3 is 5.97 Å². The van der Waals surface area contributed by atoms with Gasteiger partial charge in [-0.15, -0.1) is 10.2 Å². The number of aliphatic hydroxyl groups excluding tert-OH is 1. The predicted octanol–water partition coefficient (Wildman–Crippen LogP) is 2.53. The Bertz CT molecular complexity index is 970.